The molecule has 1 rings (SSSR count). The van der Waals surface area contributed by atoms with Gasteiger partial charge in [-0.15, -0.1) is 0 Å². The highest BCUT2D eigenvalue weighted by molar-refractivity contribution is 6.30. The van der Waals surface area contributed by atoms with E-state index in [0.717, 1.165) is 18.7 Å². The van der Waals surface area contributed by atoms with Crippen LogP contribution in [0.4, 0.5) is 5.69 Å². The minimum atomic E-state index is 0.229. The summed E-state index contributed by atoms with van der Waals surface area (Å²) in [6.45, 7) is 7.40. The van der Waals surface area contributed by atoms with E-state index in [0.29, 0.717) is 10.6 Å². The first-order chi connectivity index (χ1) is 7.48. The predicted molar refractivity (Wildman–Crippen MR) is 68.7 cm³/mol. The highest BCUT2D eigenvalue weighted by Gasteiger charge is 2.15. The zero-order valence-electron chi connectivity index (χ0n) is 9.97. The van der Waals surface area contributed by atoms with E-state index >= 15 is 0 Å². The first-order valence-electron chi connectivity index (χ1n) is 5.42. The molecule has 0 radical (unpaired) electrons. The van der Waals surface area contributed by atoms with Crippen molar-refractivity contribution in [2.75, 3.05) is 11.9 Å². The molecule has 3 heteroatoms. The second kappa shape index (κ2) is 5.23. The van der Waals surface area contributed by atoms with Crippen LogP contribution in [0.3, 0.4) is 0 Å². The molecule has 0 saturated heterocycles. The van der Waals surface area contributed by atoms with Gasteiger partial charge in [0, 0.05) is 11.6 Å². The van der Waals surface area contributed by atoms with Crippen molar-refractivity contribution in [3.8, 4) is 6.07 Å². The third-order valence-electron chi connectivity index (χ3n) is 2.82. The fraction of sp³-hybridized carbons (Fsp3) is 0.462. The fourth-order valence-electron chi connectivity index (χ4n) is 1.22. The largest absolute Gasteiger partial charge is 0.383 e. The number of halogens is 1. The van der Waals surface area contributed by atoms with Gasteiger partial charge >= 0.3 is 0 Å². The monoisotopic (exact) mass is 236 g/mol. The maximum atomic E-state index is 8.98. The number of benzene rings is 1. The molecule has 0 bridgehead atoms. The molecule has 1 aromatic carbocycles. The number of hydrogen-bond donors (Lipinski definition) is 1. The van der Waals surface area contributed by atoms with Crippen molar-refractivity contribution in [1.82, 2.24) is 0 Å². The average molecular weight is 237 g/mol. The smallest absolute Gasteiger partial charge is 0.101 e. The minimum absolute atomic E-state index is 0.229. The van der Waals surface area contributed by atoms with Crippen LogP contribution >= 0.6 is 11.6 Å². The number of anilines is 1. The Morgan fingerprint density at radius 1 is 1.44 bits per heavy atom. The molecule has 1 N–H and O–H groups in total. The molecule has 0 aliphatic rings. The summed E-state index contributed by atoms with van der Waals surface area (Å²) < 4.78 is 0. The zero-order valence-corrected chi connectivity index (χ0v) is 10.7. The van der Waals surface area contributed by atoms with Gasteiger partial charge in [-0.3, -0.25) is 0 Å². The van der Waals surface area contributed by atoms with E-state index < -0.39 is 0 Å². The van der Waals surface area contributed by atoms with Gasteiger partial charge in [0.2, 0.25) is 0 Å². The van der Waals surface area contributed by atoms with Crippen LogP contribution < -0.4 is 5.32 Å². The molecule has 16 heavy (non-hydrogen) atoms. The zero-order chi connectivity index (χ0) is 12.2. The third-order valence-corrected chi connectivity index (χ3v) is 3.05. The summed E-state index contributed by atoms with van der Waals surface area (Å²) in [7, 11) is 0. The molecule has 0 heterocycles. The molecule has 1 aromatic rings. The van der Waals surface area contributed by atoms with Crippen molar-refractivity contribution in [3.05, 3.63) is 28.8 Å². The third kappa shape index (κ3) is 3.43. The SMILES string of the molecule is CCC(C)(C)CNc1ccc(Cl)cc1C#N. The quantitative estimate of drug-likeness (QED) is 0.856. The van der Waals surface area contributed by atoms with E-state index in [1.807, 2.05) is 6.07 Å². The summed E-state index contributed by atoms with van der Waals surface area (Å²) in [5, 5.41) is 12.9. The molecule has 86 valence electrons. The molecule has 0 amide bonds. The molecule has 0 spiro atoms. The van der Waals surface area contributed by atoms with Crippen LogP contribution in [0.15, 0.2) is 18.2 Å². The van der Waals surface area contributed by atoms with Gasteiger partial charge in [0.15, 0.2) is 0 Å². The van der Waals surface area contributed by atoms with Crippen molar-refractivity contribution < 1.29 is 0 Å². The van der Waals surface area contributed by atoms with E-state index in [2.05, 4.69) is 32.2 Å². The highest BCUT2D eigenvalue weighted by Crippen LogP contribution is 2.24. The van der Waals surface area contributed by atoms with Crippen molar-refractivity contribution in [2.24, 2.45) is 5.41 Å². The van der Waals surface area contributed by atoms with Gasteiger partial charge in [0.25, 0.3) is 0 Å². The molecule has 0 atom stereocenters. The van der Waals surface area contributed by atoms with Crippen LogP contribution in [0.25, 0.3) is 0 Å². The maximum absolute atomic E-state index is 8.98. The Hall–Kier alpha value is -1.20. The fourth-order valence-corrected chi connectivity index (χ4v) is 1.39. The second-order valence-electron chi connectivity index (χ2n) is 4.67. The Bertz CT molecular complexity index is 405. The van der Waals surface area contributed by atoms with Crippen LogP contribution in [-0.4, -0.2) is 6.54 Å². The number of hydrogen-bond acceptors (Lipinski definition) is 2. The van der Waals surface area contributed by atoms with E-state index in [-0.39, 0.29) is 5.41 Å². The van der Waals surface area contributed by atoms with Crippen molar-refractivity contribution in [1.29, 1.82) is 5.26 Å². The van der Waals surface area contributed by atoms with Gasteiger partial charge in [-0.25, -0.2) is 0 Å². The molecule has 0 unspecified atom stereocenters. The van der Waals surface area contributed by atoms with E-state index in [1.165, 1.54) is 0 Å². The molecule has 2 nitrogen and oxygen atoms in total. The normalized spacial score (nSPS) is 10.9. The Labute approximate surface area is 102 Å². The van der Waals surface area contributed by atoms with Crippen LogP contribution in [-0.2, 0) is 0 Å². The summed E-state index contributed by atoms with van der Waals surface area (Å²) in [4.78, 5) is 0. The lowest BCUT2D eigenvalue weighted by molar-refractivity contribution is 0.377. The molecule has 0 aliphatic carbocycles. The molecule has 0 aliphatic heterocycles. The number of nitrogens with zero attached hydrogens (tertiary/aromatic N) is 1. The van der Waals surface area contributed by atoms with Crippen molar-refractivity contribution in [2.45, 2.75) is 27.2 Å². The number of rotatable bonds is 4. The van der Waals surface area contributed by atoms with E-state index in [4.69, 9.17) is 16.9 Å². The predicted octanol–water partition coefficient (Wildman–Crippen LogP) is 4.06. The standard InChI is InChI=1S/C13H17ClN2/c1-4-13(2,3)9-16-12-6-5-11(14)7-10(12)8-15/h5-7,16H,4,9H2,1-3H3. The first kappa shape index (κ1) is 12.9. The Morgan fingerprint density at radius 3 is 2.69 bits per heavy atom. The van der Waals surface area contributed by atoms with Gasteiger partial charge in [-0.05, 0) is 30.0 Å². The van der Waals surface area contributed by atoms with Gasteiger partial charge in [0.05, 0.1) is 11.3 Å². The summed E-state index contributed by atoms with van der Waals surface area (Å²) in [5.41, 5.74) is 1.68. The van der Waals surface area contributed by atoms with Crippen LogP contribution in [0.2, 0.25) is 5.02 Å². The van der Waals surface area contributed by atoms with Crippen LogP contribution in [0, 0.1) is 16.7 Å². The second-order valence-corrected chi connectivity index (χ2v) is 5.11. The molecular formula is C13H17ClN2. The van der Waals surface area contributed by atoms with Gasteiger partial charge in [0.1, 0.15) is 6.07 Å². The molecular weight excluding hydrogens is 220 g/mol. The van der Waals surface area contributed by atoms with Gasteiger partial charge in [-0.2, -0.15) is 5.26 Å². The van der Waals surface area contributed by atoms with Gasteiger partial charge < -0.3 is 5.32 Å². The van der Waals surface area contributed by atoms with Crippen molar-refractivity contribution in [3.63, 3.8) is 0 Å². The van der Waals surface area contributed by atoms with Gasteiger partial charge in [-0.1, -0.05) is 32.4 Å². The topological polar surface area (TPSA) is 35.8 Å². The Morgan fingerprint density at radius 2 is 2.12 bits per heavy atom. The lowest BCUT2D eigenvalue weighted by atomic mass is 9.90. The maximum Gasteiger partial charge on any atom is 0.101 e. The van der Waals surface area contributed by atoms with E-state index in [9.17, 15) is 0 Å². The first-order valence-corrected chi connectivity index (χ1v) is 5.80. The lowest BCUT2D eigenvalue weighted by Crippen LogP contribution is -2.22. The molecule has 0 aromatic heterocycles. The summed E-state index contributed by atoms with van der Waals surface area (Å²) in [6.07, 6.45) is 1.09. The Kier molecular flexibility index (Phi) is 4.20. The van der Waals surface area contributed by atoms with Crippen molar-refractivity contribution >= 4 is 17.3 Å². The summed E-state index contributed by atoms with van der Waals surface area (Å²) >= 11 is 5.83. The molecule has 0 saturated carbocycles. The highest BCUT2D eigenvalue weighted by atomic mass is 35.5. The molecule has 0 fully saturated rings. The van der Waals surface area contributed by atoms with E-state index in [1.54, 1.807) is 12.1 Å². The van der Waals surface area contributed by atoms with Crippen LogP contribution in [0.5, 0.6) is 0 Å². The minimum Gasteiger partial charge on any atom is -0.383 e. The average Bonchev–Trinajstić information content (AvgIpc) is 2.27. The number of nitriles is 1. The summed E-state index contributed by atoms with van der Waals surface area (Å²) in [5.74, 6) is 0. The number of nitrogens with one attached hydrogen (secondary N) is 1. The van der Waals surface area contributed by atoms with Crippen LogP contribution in [0.1, 0.15) is 32.8 Å². The summed E-state index contributed by atoms with van der Waals surface area (Å²) in [6, 6.07) is 7.48. The Balaban J connectivity index is 2.79. The lowest BCUT2D eigenvalue weighted by Gasteiger charge is -2.23.